The molecule has 0 spiro atoms. The van der Waals surface area contributed by atoms with Crippen molar-refractivity contribution in [3.63, 3.8) is 0 Å². The molecular weight excluding hydrogens is 190 g/mol. The van der Waals surface area contributed by atoms with Crippen LogP contribution in [0.25, 0.3) is 0 Å². The van der Waals surface area contributed by atoms with E-state index in [1.54, 1.807) is 7.11 Å². The number of aliphatic imine (C=N–C) groups is 1. The lowest BCUT2D eigenvalue weighted by Gasteiger charge is -2.29. The van der Waals surface area contributed by atoms with Gasteiger partial charge in [-0.15, -0.1) is 0 Å². The zero-order valence-electron chi connectivity index (χ0n) is 10.7. The lowest BCUT2D eigenvalue weighted by Crippen LogP contribution is -2.45. The molecule has 4 heteroatoms. The summed E-state index contributed by atoms with van der Waals surface area (Å²) >= 11 is 0. The van der Waals surface area contributed by atoms with Crippen LogP contribution in [0.15, 0.2) is 4.99 Å². The largest absolute Gasteiger partial charge is 0.383 e. The van der Waals surface area contributed by atoms with Crippen LogP contribution in [-0.2, 0) is 4.74 Å². The Labute approximate surface area is 93.5 Å². The molecule has 4 nitrogen and oxygen atoms in total. The maximum atomic E-state index is 5.96. The van der Waals surface area contributed by atoms with Gasteiger partial charge in [0, 0.05) is 25.7 Å². The lowest BCUT2D eigenvalue weighted by molar-refractivity contribution is 0.162. The van der Waals surface area contributed by atoms with E-state index >= 15 is 0 Å². The van der Waals surface area contributed by atoms with Crippen molar-refractivity contribution in [3.8, 4) is 0 Å². The number of ether oxygens (including phenoxy) is 1. The summed E-state index contributed by atoms with van der Waals surface area (Å²) in [6.45, 7) is 9.83. The van der Waals surface area contributed by atoms with Crippen LogP contribution in [0.2, 0.25) is 0 Å². The van der Waals surface area contributed by atoms with Gasteiger partial charge in [0.1, 0.15) is 0 Å². The fourth-order valence-corrected chi connectivity index (χ4v) is 1.31. The third kappa shape index (κ3) is 5.62. The molecule has 0 fully saturated rings. The summed E-state index contributed by atoms with van der Waals surface area (Å²) in [4.78, 5) is 6.47. The van der Waals surface area contributed by atoms with Gasteiger partial charge in [-0.3, -0.25) is 4.99 Å². The molecule has 0 aliphatic heterocycles. The van der Waals surface area contributed by atoms with Crippen LogP contribution in [0.5, 0.6) is 0 Å². The molecule has 2 N–H and O–H groups in total. The van der Waals surface area contributed by atoms with Crippen LogP contribution in [0.3, 0.4) is 0 Å². The van der Waals surface area contributed by atoms with E-state index in [0.717, 1.165) is 13.0 Å². The van der Waals surface area contributed by atoms with Crippen LogP contribution in [0, 0.1) is 0 Å². The van der Waals surface area contributed by atoms with Crippen molar-refractivity contribution < 1.29 is 4.74 Å². The van der Waals surface area contributed by atoms with Gasteiger partial charge in [-0.2, -0.15) is 0 Å². The van der Waals surface area contributed by atoms with Gasteiger partial charge in [-0.1, -0.05) is 6.92 Å². The normalized spacial score (nSPS) is 14.4. The van der Waals surface area contributed by atoms with Crippen molar-refractivity contribution in [1.29, 1.82) is 0 Å². The highest BCUT2D eigenvalue weighted by Crippen LogP contribution is 2.03. The molecule has 0 bridgehead atoms. The van der Waals surface area contributed by atoms with Crippen molar-refractivity contribution in [1.82, 2.24) is 4.90 Å². The van der Waals surface area contributed by atoms with E-state index in [-0.39, 0.29) is 6.04 Å². The monoisotopic (exact) mass is 215 g/mol. The summed E-state index contributed by atoms with van der Waals surface area (Å²) in [5.74, 6) is 0.622. The predicted octanol–water partition coefficient (Wildman–Crippen LogP) is 1.46. The summed E-state index contributed by atoms with van der Waals surface area (Å²) in [7, 11) is 1.70. The van der Waals surface area contributed by atoms with E-state index in [1.807, 2.05) is 13.8 Å². The molecule has 0 aromatic heterocycles. The minimum absolute atomic E-state index is 0.235. The molecular formula is C11H25N3O. The Morgan fingerprint density at radius 1 is 1.40 bits per heavy atom. The molecule has 0 aliphatic rings. The summed E-state index contributed by atoms with van der Waals surface area (Å²) < 4.78 is 5.07. The van der Waals surface area contributed by atoms with Crippen molar-refractivity contribution in [2.45, 2.75) is 46.2 Å². The van der Waals surface area contributed by atoms with Crippen LogP contribution >= 0.6 is 0 Å². The first-order valence-corrected chi connectivity index (χ1v) is 5.61. The number of hydrogen-bond donors (Lipinski definition) is 1. The summed E-state index contributed by atoms with van der Waals surface area (Å²) in [5, 5.41) is 0. The minimum Gasteiger partial charge on any atom is -0.383 e. The third-order valence-electron chi connectivity index (χ3n) is 2.34. The highest BCUT2D eigenvalue weighted by Gasteiger charge is 2.14. The highest BCUT2D eigenvalue weighted by molar-refractivity contribution is 5.78. The Bertz CT molecular complexity index is 192. The Balaban J connectivity index is 4.46. The number of hydrogen-bond acceptors (Lipinski definition) is 2. The molecule has 0 heterocycles. The Morgan fingerprint density at radius 3 is 2.40 bits per heavy atom. The maximum absolute atomic E-state index is 5.96. The molecule has 15 heavy (non-hydrogen) atoms. The summed E-state index contributed by atoms with van der Waals surface area (Å²) in [6, 6.07) is 0.641. The average Bonchev–Trinajstić information content (AvgIpc) is 2.16. The Hall–Kier alpha value is -0.770. The minimum atomic E-state index is 0.235. The SMILES string of the molecule is CCC(C)N(CCOC)C(N)=NC(C)C. The van der Waals surface area contributed by atoms with E-state index in [2.05, 4.69) is 23.7 Å². The third-order valence-corrected chi connectivity index (χ3v) is 2.34. The van der Waals surface area contributed by atoms with Gasteiger partial charge >= 0.3 is 0 Å². The molecule has 0 rings (SSSR count). The molecule has 0 radical (unpaired) electrons. The first kappa shape index (κ1) is 14.2. The van der Waals surface area contributed by atoms with Crippen LogP contribution in [-0.4, -0.2) is 43.2 Å². The van der Waals surface area contributed by atoms with Crippen molar-refractivity contribution in [2.24, 2.45) is 10.7 Å². The van der Waals surface area contributed by atoms with E-state index in [0.29, 0.717) is 18.6 Å². The van der Waals surface area contributed by atoms with Crippen LogP contribution in [0.1, 0.15) is 34.1 Å². The van der Waals surface area contributed by atoms with Gasteiger partial charge in [0.05, 0.1) is 6.61 Å². The quantitative estimate of drug-likeness (QED) is 0.539. The van der Waals surface area contributed by atoms with Crippen molar-refractivity contribution in [2.75, 3.05) is 20.3 Å². The zero-order chi connectivity index (χ0) is 11.8. The van der Waals surface area contributed by atoms with Gasteiger partial charge in [0.25, 0.3) is 0 Å². The van der Waals surface area contributed by atoms with Gasteiger partial charge in [0.2, 0.25) is 0 Å². The molecule has 0 saturated heterocycles. The zero-order valence-corrected chi connectivity index (χ0v) is 10.7. The summed E-state index contributed by atoms with van der Waals surface area (Å²) in [5.41, 5.74) is 5.96. The van der Waals surface area contributed by atoms with Crippen LogP contribution in [0.4, 0.5) is 0 Å². The van der Waals surface area contributed by atoms with Gasteiger partial charge in [-0.05, 0) is 27.2 Å². The number of nitrogens with two attached hydrogens (primary N) is 1. The highest BCUT2D eigenvalue weighted by atomic mass is 16.5. The number of methoxy groups -OCH3 is 1. The van der Waals surface area contributed by atoms with Gasteiger partial charge < -0.3 is 15.4 Å². The van der Waals surface area contributed by atoms with Gasteiger partial charge in [-0.25, -0.2) is 0 Å². The molecule has 90 valence electrons. The fourth-order valence-electron chi connectivity index (χ4n) is 1.31. The molecule has 0 aliphatic carbocycles. The van der Waals surface area contributed by atoms with E-state index in [9.17, 15) is 0 Å². The maximum Gasteiger partial charge on any atom is 0.191 e. The number of rotatable bonds is 6. The van der Waals surface area contributed by atoms with Crippen LogP contribution < -0.4 is 5.73 Å². The molecule has 1 atom stereocenters. The second-order valence-corrected chi connectivity index (χ2v) is 4.02. The number of guanidine groups is 1. The number of nitrogens with zero attached hydrogens (tertiary/aromatic N) is 2. The average molecular weight is 215 g/mol. The first-order chi connectivity index (χ1) is 7.02. The standard InChI is InChI=1S/C11H25N3O/c1-6-10(4)14(7-8-15-5)11(12)13-9(2)3/h9-10H,6-8H2,1-5H3,(H2,12,13). The van der Waals surface area contributed by atoms with E-state index in [4.69, 9.17) is 10.5 Å². The Morgan fingerprint density at radius 2 is 2.00 bits per heavy atom. The lowest BCUT2D eigenvalue weighted by atomic mass is 10.2. The van der Waals surface area contributed by atoms with Gasteiger partial charge in [0.15, 0.2) is 5.96 Å². The first-order valence-electron chi connectivity index (χ1n) is 5.61. The predicted molar refractivity (Wildman–Crippen MR) is 65.1 cm³/mol. The fraction of sp³-hybridized carbons (Fsp3) is 0.909. The molecule has 0 saturated carbocycles. The Kier molecular flexibility index (Phi) is 7.13. The van der Waals surface area contributed by atoms with E-state index < -0.39 is 0 Å². The second kappa shape index (κ2) is 7.51. The molecule has 0 amide bonds. The molecule has 0 aromatic carbocycles. The van der Waals surface area contributed by atoms with Crippen molar-refractivity contribution >= 4 is 5.96 Å². The molecule has 0 aromatic rings. The summed E-state index contributed by atoms with van der Waals surface area (Å²) in [6.07, 6.45) is 1.05. The smallest absolute Gasteiger partial charge is 0.191 e. The molecule has 1 unspecified atom stereocenters. The second-order valence-electron chi connectivity index (χ2n) is 4.02. The van der Waals surface area contributed by atoms with E-state index in [1.165, 1.54) is 0 Å². The van der Waals surface area contributed by atoms with Crippen molar-refractivity contribution in [3.05, 3.63) is 0 Å². The topological polar surface area (TPSA) is 50.9 Å².